The van der Waals surface area contributed by atoms with Gasteiger partial charge in [-0.25, -0.2) is 0 Å². The first-order valence-corrected chi connectivity index (χ1v) is 4.08. The molecule has 0 heterocycles. The largest absolute Gasteiger partial charge is 0.268 e. The Morgan fingerprint density at radius 2 is 2.08 bits per heavy atom. The summed E-state index contributed by atoms with van der Waals surface area (Å²) in [6, 6.07) is 9.66. The average molecular weight is 180 g/mol. The van der Waals surface area contributed by atoms with Crippen LogP contribution in [0.5, 0.6) is 0 Å². The molecule has 1 nitrogen and oxygen atoms in total. The molecule has 0 radical (unpaired) electrons. The van der Waals surface area contributed by atoms with E-state index in [1.807, 2.05) is 30.3 Å². The molecule has 0 unspecified atom stereocenters. The van der Waals surface area contributed by atoms with Gasteiger partial charge in [-0.05, 0) is 0 Å². The van der Waals surface area contributed by atoms with E-state index in [9.17, 15) is 0 Å². The monoisotopic (exact) mass is 179 g/mol. The lowest BCUT2D eigenvalue weighted by molar-refractivity contribution is 1.26. The van der Waals surface area contributed by atoms with E-state index >= 15 is 0 Å². The van der Waals surface area contributed by atoms with E-state index in [4.69, 9.17) is 11.6 Å². The molecule has 0 N–H and O–H groups in total. The van der Waals surface area contributed by atoms with Crippen molar-refractivity contribution in [3.63, 3.8) is 0 Å². The zero-order valence-electron chi connectivity index (χ0n) is 6.70. The minimum Gasteiger partial charge on any atom is -0.268 e. The summed E-state index contributed by atoms with van der Waals surface area (Å²) < 4.78 is 0. The van der Waals surface area contributed by atoms with Gasteiger partial charge in [-0.15, -0.1) is 6.58 Å². The molecule has 0 fully saturated rings. The van der Waals surface area contributed by atoms with E-state index in [0.29, 0.717) is 11.7 Å². The Morgan fingerprint density at radius 1 is 1.42 bits per heavy atom. The van der Waals surface area contributed by atoms with Gasteiger partial charge in [0, 0.05) is 5.56 Å². The van der Waals surface area contributed by atoms with Crippen molar-refractivity contribution in [3.05, 3.63) is 48.6 Å². The van der Waals surface area contributed by atoms with Crippen molar-refractivity contribution < 1.29 is 0 Å². The van der Waals surface area contributed by atoms with Crippen molar-refractivity contribution in [1.29, 1.82) is 0 Å². The maximum atomic E-state index is 5.89. The molecular formula is C10H10ClN. The lowest BCUT2D eigenvalue weighted by atomic mass is 10.2. The highest BCUT2D eigenvalue weighted by Gasteiger charge is 1.95. The van der Waals surface area contributed by atoms with E-state index in [2.05, 4.69) is 11.6 Å². The van der Waals surface area contributed by atoms with E-state index in [-0.39, 0.29) is 0 Å². The number of hydrogen-bond donors (Lipinski definition) is 0. The fourth-order valence-corrected chi connectivity index (χ4v) is 1.01. The van der Waals surface area contributed by atoms with Crippen LogP contribution in [-0.2, 0) is 0 Å². The molecule has 0 aliphatic carbocycles. The van der Waals surface area contributed by atoms with Gasteiger partial charge in [0.1, 0.15) is 5.17 Å². The summed E-state index contributed by atoms with van der Waals surface area (Å²) in [7, 11) is 0. The zero-order chi connectivity index (χ0) is 8.81. The lowest BCUT2D eigenvalue weighted by Gasteiger charge is -1.95. The molecule has 0 aliphatic heterocycles. The van der Waals surface area contributed by atoms with Gasteiger partial charge < -0.3 is 0 Å². The van der Waals surface area contributed by atoms with Crippen LogP contribution in [0.15, 0.2) is 48.0 Å². The topological polar surface area (TPSA) is 12.4 Å². The Bertz CT molecular complexity index is 277. The van der Waals surface area contributed by atoms with Crippen molar-refractivity contribution in [2.45, 2.75) is 0 Å². The second-order valence-corrected chi connectivity index (χ2v) is 2.64. The Balaban J connectivity index is 2.77. The summed E-state index contributed by atoms with van der Waals surface area (Å²) in [5.74, 6) is 0. The molecule has 0 saturated heterocycles. The third-order valence-electron chi connectivity index (χ3n) is 1.37. The summed E-state index contributed by atoms with van der Waals surface area (Å²) in [5, 5.41) is 0.538. The van der Waals surface area contributed by atoms with Gasteiger partial charge in [0.15, 0.2) is 0 Å². The third kappa shape index (κ3) is 2.51. The molecule has 12 heavy (non-hydrogen) atoms. The van der Waals surface area contributed by atoms with Crippen LogP contribution < -0.4 is 0 Å². The Morgan fingerprint density at radius 3 is 2.67 bits per heavy atom. The molecule has 0 atom stereocenters. The summed E-state index contributed by atoms with van der Waals surface area (Å²) >= 11 is 5.89. The van der Waals surface area contributed by atoms with Crippen LogP contribution in [0, 0.1) is 0 Å². The van der Waals surface area contributed by atoms with Gasteiger partial charge in [0.05, 0.1) is 6.54 Å². The van der Waals surface area contributed by atoms with Crippen molar-refractivity contribution in [1.82, 2.24) is 0 Å². The Labute approximate surface area is 77.4 Å². The van der Waals surface area contributed by atoms with Gasteiger partial charge in [-0.3, -0.25) is 4.99 Å². The zero-order valence-corrected chi connectivity index (χ0v) is 7.46. The van der Waals surface area contributed by atoms with Gasteiger partial charge in [0.2, 0.25) is 0 Å². The van der Waals surface area contributed by atoms with E-state index in [0.717, 1.165) is 5.56 Å². The van der Waals surface area contributed by atoms with Crippen LogP contribution in [0.3, 0.4) is 0 Å². The normalized spacial score (nSPS) is 11.2. The fraction of sp³-hybridized carbons (Fsp3) is 0.100. The number of halogens is 1. The lowest BCUT2D eigenvalue weighted by Crippen LogP contribution is -1.90. The van der Waals surface area contributed by atoms with Crippen molar-refractivity contribution in [3.8, 4) is 0 Å². The maximum absolute atomic E-state index is 5.89. The smallest absolute Gasteiger partial charge is 0.131 e. The molecular weight excluding hydrogens is 170 g/mol. The summed E-state index contributed by atoms with van der Waals surface area (Å²) in [6.45, 7) is 4.12. The molecule has 0 aromatic heterocycles. The molecule has 0 spiro atoms. The molecule has 0 saturated carbocycles. The van der Waals surface area contributed by atoms with Crippen LogP contribution in [0.2, 0.25) is 0 Å². The number of rotatable bonds is 3. The van der Waals surface area contributed by atoms with Gasteiger partial charge in [-0.1, -0.05) is 48.0 Å². The van der Waals surface area contributed by atoms with Crippen LogP contribution in [0.1, 0.15) is 5.56 Å². The number of aliphatic imine (C=N–C) groups is 1. The number of nitrogens with zero attached hydrogens (tertiary/aromatic N) is 1. The summed E-state index contributed by atoms with van der Waals surface area (Å²) in [5.41, 5.74) is 0.945. The first kappa shape index (κ1) is 9.01. The van der Waals surface area contributed by atoms with Crippen molar-refractivity contribution >= 4 is 16.8 Å². The van der Waals surface area contributed by atoms with Crippen molar-refractivity contribution in [2.24, 2.45) is 4.99 Å². The average Bonchev–Trinajstić information content (AvgIpc) is 2.15. The predicted octanol–water partition coefficient (Wildman–Crippen LogP) is 2.86. The van der Waals surface area contributed by atoms with E-state index < -0.39 is 0 Å². The standard InChI is InChI=1S/C10H10ClN/c1-2-8-12-10(11)9-6-4-3-5-7-9/h2-7H,1,8H2. The molecule has 1 aromatic rings. The van der Waals surface area contributed by atoms with Crippen molar-refractivity contribution in [2.75, 3.05) is 6.54 Å². The van der Waals surface area contributed by atoms with E-state index in [1.54, 1.807) is 6.08 Å². The molecule has 0 amide bonds. The summed E-state index contributed by atoms with van der Waals surface area (Å²) in [6.07, 6.45) is 1.71. The fourth-order valence-electron chi connectivity index (χ4n) is 0.812. The highest BCUT2D eigenvalue weighted by molar-refractivity contribution is 6.69. The van der Waals surface area contributed by atoms with Gasteiger partial charge in [-0.2, -0.15) is 0 Å². The molecule has 1 rings (SSSR count). The highest BCUT2D eigenvalue weighted by atomic mass is 35.5. The quantitative estimate of drug-likeness (QED) is 0.500. The number of benzene rings is 1. The minimum absolute atomic E-state index is 0.538. The van der Waals surface area contributed by atoms with Crippen LogP contribution in [0.25, 0.3) is 0 Å². The van der Waals surface area contributed by atoms with E-state index in [1.165, 1.54) is 0 Å². The second kappa shape index (κ2) is 4.73. The third-order valence-corrected chi connectivity index (χ3v) is 1.71. The maximum Gasteiger partial charge on any atom is 0.131 e. The molecule has 2 heteroatoms. The Hall–Kier alpha value is -1.08. The van der Waals surface area contributed by atoms with Gasteiger partial charge in [0.25, 0.3) is 0 Å². The summed E-state index contributed by atoms with van der Waals surface area (Å²) in [4.78, 5) is 4.08. The van der Waals surface area contributed by atoms with Crippen LogP contribution in [-0.4, -0.2) is 11.7 Å². The molecule has 62 valence electrons. The second-order valence-electron chi connectivity index (χ2n) is 2.29. The first-order chi connectivity index (χ1) is 5.84. The first-order valence-electron chi connectivity index (χ1n) is 3.71. The SMILES string of the molecule is C=CCN=C(Cl)c1ccccc1. The molecule has 0 aliphatic rings. The minimum atomic E-state index is 0.538. The molecule has 0 bridgehead atoms. The van der Waals surface area contributed by atoms with Crippen LogP contribution in [0.4, 0.5) is 0 Å². The number of hydrogen-bond acceptors (Lipinski definition) is 1. The predicted molar refractivity (Wildman–Crippen MR) is 53.9 cm³/mol. The molecule has 1 aromatic carbocycles. The van der Waals surface area contributed by atoms with Gasteiger partial charge >= 0.3 is 0 Å². The highest BCUT2D eigenvalue weighted by Crippen LogP contribution is 2.04. The Kier molecular flexibility index (Phi) is 3.55. The van der Waals surface area contributed by atoms with Crippen LogP contribution >= 0.6 is 11.6 Å².